The van der Waals surface area contributed by atoms with Crippen LogP contribution in [0.3, 0.4) is 0 Å². The fourth-order valence-corrected chi connectivity index (χ4v) is 12.0. The molecule has 0 aromatic rings. The number of rotatable bonds is 8. The van der Waals surface area contributed by atoms with Gasteiger partial charge in [-0.2, -0.15) is 0 Å². The van der Waals surface area contributed by atoms with Gasteiger partial charge >= 0.3 is 0 Å². The second-order valence-corrected chi connectivity index (χ2v) is 16.8. The van der Waals surface area contributed by atoms with Crippen LogP contribution in [0.2, 0.25) is 0 Å². The van der Waals surface area contributed by atoms with Crippen molar-refractivity contribution in [3.8, 4) is 0 Å². The van der Waals surface area contributed by atoms with Crippen LogP contribution < -0.4 is 5.14 Å². The van der Waals surface area contributed by atoms with Gasteiger partial charge in [0.15, 0.2) is 5.25 Å². The van der Waals surface area contributed by atoms with E-state index in [2.05, 4.69) is 40.7 Å². The van der Waals surface area contributed by atoms with E-state index in [9.17, 15) is 18.5 Å². The van der Waals surface area contributed by atoms with Crippen molar-refractivity contribution in [2.24, 2.45) is 57.4 Å². The zero-order chi connectivity index (χ0) is 29.1. The van der Waals surface area contributed by atoms with Crippen molar-refractivity contribution in [1.82, 2.24) is 0 Å². The molecular weight excluding hydrogens is 520 g/mol. The third-order valence-corrected chi connectivity index (χ3v) is 14.1. The Morgan fingerprint density at radius 3 is 2.48 bits per heavy atom. The van der Waals surface area contributed by atoms with Crippen molar-refractivity contribution in [2.75, 3.05) is 0 Å². The molecule has 0 saturated heterocycles. The van der Waals surface area contributed by atoms with Crippen molar-refractivity contribution in [3.63, 3.8) is 0 Å². The normalized spacial score (nSPS) is 43.5. The van der Waals surface area contributed by atoms with E-state index >= 15 is 0 Å². The van der Waals surface area contributed by atoms with Gasteiger partial charge in [0.2, 0.25) is 10.0 Å². The Labute approximate surface area is 242 Å². The highest BCUT2D eigenvalue weighted by molar-refractivity contribution is 7.90. The van der Waals surface area contributed by atoms with E-state index in [4.69, 9.17) is 5.14 Å². The van der Waals surface area contributed by atoms with Crippen molar-refractivity contribution in [3.05, 3.63) is 46.1 Å². The van der Waals surface area contributed by atoms with Crippen LogP contribution in [0, 0.1) is 62.4 Å². The molecule has 2 unspecified atom stereocenters. The highest BCUT2D eigenvalue weighted by Crippen LogP contribution is 2.68. The van der Waals surface area contributed by atoms with Crippen molar-refractivity contribution < 1.29 is 13.3 Å². The summed E-state index contributed by atoms with van der Waals surface area (Å²) in [5.74, 6) is 4.07. The summed E-state index contributed by atoms with van der Waals surface area (Å²) in [4.78, 5) is 12.3. The largest absolute Gasteiger partial charge is 0.265 e. The Kier molecular flexibility index (Phi) is 8.00. The van der Waals surface area contributed by atoms with Crippen LogP contribution in [0.25, 0.3) is 0 Å². The first-order chi connectivity index (χ1) is 18.7. The zero-order valence-corrected chi connectivity index (χ0v) is 26.2. The lowest BCUT2D eigenvalue weighted by atomic mass is 9.46. The predicted octanol–water partition coefficient (Wildman–Crippen LogP) is 7.44. The Hall–Kier alpha value is -1.47. The molecule has 0 bridgehead atoms. The highest BCUT2D eigenvalue weighted by Gasteiger charge is 2.63. The van der Waals surface area contributed by atoms with Crippen LogP contribution >= 0.6 is 0 Å². The van der Waals surface area contributed by atoms with Crippen molar-refractivity contribution >= 4 is 10.0 Å². The van der Waals surface area contributed by atoms with Gasteiger partial charge < -0.3 is 0 Å². The third-order valence-electron chi connectivity index (χ3n) is 12.8. The number of sulfonamides is 1. The lowest BCUT2D eigenvalue weighted by Gasteiger charge is -2.59. The lowest BCUT2D eigenvalue weighted by Crippen LogP contribution is -2.60. The Morgan fingerprint density at radius 1 is 1.05 bits per heavy atom. The predicted molar refractivity (Wildman–Crippen MR) is 161 cm³/mol. The fraction of sp³-hybridized carbons (Fsp3) is 0.818. The summed E-state index contributed by atoms with van der Waals surface area (Å²) in [5, 5.41) is 16.9. The summed E-state index contributed by atoms with van der Waals surface area (Å²) >= 11 is 0. The van der Waals surface area contributed by atoms with Gasteiger partial charge in [0.25, 0.3) is 5.54 Å². The molecule has 5 rings (SSSR count). The Bertz CT molecular complexity index is 1190. The first-order valence-electron chi connectivity index (χ1n) is 16.0. The lowest BCUT2D eigenvalue weighted by molar-refractivity contribution is -0.564. The van der Waals surface area contributed by atoms with Gasteiger partial charge in [0, 0.05) is 10.8 Å². The molecule has 3 saturated carbocycles. The number of nitrogens with two attached hydrogens (primary N) is 1. The monoisotopic (exact) mass is 572 g/mol. The minimum Gasteiger partial charge on any atom is -0.264 e. The maximum Gasteiger partial charge on any atom is 0.265 e. The second-order valence-electron chi connectivity index (χ2n) is 15.1. The van der Waals surface area contributed by atoms with Crippen LogP contribution in [-0.2, 0) is 10.0 Å². The number of fused-ring (bicyclic) bond motifs is 5. The Morgan fingerprint density at radius 2 is 1.80 bits per heavy atom. The number of hydrogen-bond acceptors (Lipinski definition) is 4. The molecule has 0 radical (unpaired) electrons. The molecule has 10 atom stereocenters. The molecule has 7 heteroatoms. The van der Waals surface area contributed by atoms with Gasteiger partial charge in [0.05, 0.1) is 0 Å². The molecule has 5 aliphatic carbocycles. The molecule has 224 valence electrons. The van der Waals surface area contributed by atoms with E-state index in [0.29, 0.717) is 30.1 Å². The molecule has 40 heavy (non-hydrogen) atoms. The van der Waals surface area contributed by atoms with Crippen molar-refractivity contribution in [2.45, 2.75) is 116 Å². The van der Waals surface area contributed by atoms with Gasteiger partial charge in [-0.25, -0.2) is 13.6 Å². The molecule has 0 amide bonds. The van der Waals surface area contributed by atoms with E-state index in [1.54, 1.807) is 12.2 Å². The first kappa shape index (κ1) is 30.0. The maximum atomic E-state index is 12.6. The number of hydrogen-bond donors (Lipinski definition) is 1. The Balaban J connectivity index is 1.37. The number of nitro groups is 1. The standard InChI is InChI=1S/C33H52N2O4S/c1-22(2)9-8-10-23(3)27-14-15-28-26-13-12-24-21-25(16-19-31(24,4)29(26)17-20-32(27,28)5)33(35(36)37)18-7-6-11-30(33)40(34,38)39/h6-7,11-12,18,22-23,25-30H,8-10,13-17,19-21H2,1-5H3,(H2,34,38,39)/t23-,25+,26+,27-,28+,29+,30?,31+,32-,33?/m1/s1. The summed E-state index contributed by atoms with van der Waals surface area (Å²) in [5.41, 5.74) is 0.0962. The van der Waals surface area contributed by atoms with E-state index in [1.807, 2.05) is 0 Å². The third kappa shape index (κ3) is 4.75. The second kappa shape index (κ2) is 10.7. The molecule has 3 fully saturated rings. The van der Waals surface area contributed by atoms with Crippen LogP contribution in [0.1, 0.15) is 105 Å². The summed E-state index contributed by atoms with van der Waals surface area (Å²) in [7, 11) is -4.13. The van der Waals surface area contributed by atoms with E-state index in [1.165, 1.54) is 62.7 Å². The SMILES string of the molecule is CC(C)CCC[C@@H](C)[C@H]1CC[C@H]2[C@@H]3CC=C4C[C@@H](C5([N+](=O)[O-])C=CC=CC5S(N)(=O)=O)CC[C@]4(C)[C@H]3CC[C@]12C. The van der Waals surface area contributed by atoms with E-state index in [0.717, 1.165) is 36.5 Å². The first-order valence-corrected chi connectivity index (χ1v) is 17.6. The average Bonchev–Trinajstić information content (AvgIpc) is 3.24. The van der Waals surface area contributed by atoms with Crippen LogP contribution in [-0.4, -0.2) is 24.1 Å². The summed E-state index contributed by atoms with van der Waals surface area (Å²) in [6.07, 6.45) is 21.0. The van der Waals surface area contributed by atoms with Crippen LogP contribution in [0.4, 0.5) is 0 Å². The van der Waals surface area contributed by atoms with Gasteiger partial charge in [-0.15, -0.1) is 0 Å². The molecule has 2 N–H and O–H groups in total. The molecular formula is C33H52N2O4S. The number of nitrogens with zero attached hydrogens (tertiary/aromatic N) is 1. The summed E-state index contributed by atoms with van der Waals surface area (Å²) < 4.78 is 25.1. The molecule has 0 aromatic carbocycles. The molecule has 5 aliphatic rings. The topological polar surface area (TPSA) is 103 Å². The van der Waals surface area contributed by atoms with Gasteiger partial charge in [-0.3, -0.25) is 10.1 Å². The van der Waals surface area contributed by atoms with Gasteiger partial charge in [0.1, 0.15) is 0 Å². The summed E-state index contributed by atoms with van der Waals surface area (Å²) in [6, 6.07) is 0. The quantitative estimate of drug-likeness (QED) is 0.185. The minimum absolute atomic E-state index is 0.0464. The zero-order valence-electron chi connectivity index (χ0n) is 25.3. The molecule has 0 spiro atoms. The average molecular weight is 573 g/mol. The van der Waals surface area contributed by atoms with Gasteiger partial charge in [-0.1, -0.05) is 83.8 Å². The maximum absolute atomic E-state index is 12.6. The van der Waals surface area contributed by atoms with E-state index in [-0.39, 0.29) is 16.3 Å². The number of allylic oxidation sites excluding steroid dienone is 4. The molecule has 0 aliphatic heterocycles. The molecule has 6 nitrogen and oxygen atoms in total. The minimum atomic E-state index is -4.13. The van der Waals surface area contributed by atoms with Crippen LogP contribution in [0.15, 0.2) is 36.0 Å². The summed E-state index contributed by atoms with van der Waals surface area (Å²) in [6.45, 7) is 12.2. The number of primary sulfonamides is 1. The molecule has 0 aromatic heterocycles. The van der Waals surface area contributed by atoms with Gasteiger partial charge in [-0.05, 0) is 104 Å². The molecule has 0 heterocycles. The van der Waals surface area contributed by atoms with E-state index < -0.39 is 20.8 Å². The van der Waals surface area contributed by atoms with Crippen molar-refractivity contribution in [1.29, 1.82) is 0 Å². The smallest absolute Gasteiger partial charge is 0.264 e. The highest BCUT2D eigenvalue weighted by atomic mass is 32.2. The van der Waals surface area contributed by atoms with Crippen LogP contribution in [0.5, 0.6) is 0 Å². The fourth-order valence-electron chi connectivity index (χ4n) is 10.8.